The Balaban J connectivity index is 1.77. The highest BCUT2D eigenvalue weighted by atomic mass is 16.1. The van der Waals surface area contributed by atoms with Crippen molar-refractivity contribution in [3.05, 3.63) is 77.0 Å². The molecule has 0 radical (unpaired) electrons. The minimum Gasteiger partial charge on any atom is -0.348 e. The van der Waals surface area contributed by atoms with E-state index in [1.54, 1.807) is 6.20 Å². The van der Waals surface area contributed by atoms with Gasteiger partial charge in [-0.1, -0.05) is 54.1 Å². The number of H-pyrrole nitrogens is 1. The number of nitrogens with zero attached hydrogens (tertiary/aromatic N) is 1. The lowest BCUT2D eigenvalue weighted by Gasteiger charge is -2.08. The van der Waals surface area contributed by atoms with Gasteiger partial charge in [0, 0.05) is 12.1 Å². The van der Waals surface area contributed by atoms with Gasteiger partial charge in [0.25, 0.3) is 5.91 Å². The van der Waals surface area contributed by atoms with Gasteiger partial charge in [0.2, 0.25) is 0 Å². The maximum atomic E-state index is 12.5. The van der Waals surface area contributed by atoms with Crippen LogP contribution in [0.5, 0.6) is 0 Å². The maximum absolute atomic E-state index is 12.5. The summed E-state index contributed by atoms with van der Waals surface area (Å²) in [5.41, 5.74) is 5.71. The van der Waals surface area contributed by atoms with Crippen LogP contribution >= 0.6 is 0 Å². The van der Waals surface area contributed by atoms with E-state index in [9.17, 15) is 4.79 Å². The second-order valence-electron chi connectivity index (χ2n) is 5.63. The molecule has 1 amide bonds. The first kappa shape index (κ1) is 15.0. The third-order valence-electron chi connectivity index (χ3n) is 3.92. The fourth-order valence-electron chi connectivity index (χ4n) is 2.48. The summed E-state index contributed by atoms with van der Waals surface area (Å²) in [7, 11) is 0. The van der Waals surface area contributed by atoms with Crippen molar-refractivity contribution < 1.29 is 4.79 Å². The fraction of sp³-hybridized carbons (Fsp3) is 0.158. The summed E-state index contributed by atoms with van der Waals surface area (Å²) in [5.74, 6) is -0.127. The standard InChI is InChI=1S/C19H19N3O/c1-13-7-9-15(10-8-13)18-17(12-21-22-18)19(23)20-11-16-6-4-3-5-14(16)2/h3-10,12H,11H2,1-2H3,(H,20,23)(H,21,22). The average Bonchev–Trinajstić information content (AvgIpc) is 3.04. The molecule has 2 N–H and O–H groups in total. The molecule has 4 heteroatoms. The van der Waals surface area contributed by atoms with Crippen molar-refractivity contribution in [3.8, 4) is 11.3 Å². The molecule has 116 valence electrons. The molecule has 0 unspecified atom stereocenters. The molecule has 1 aromatic heterocycles. The first-order valence-electron chi connectivity index (χ1n) is 7.58. The van der Waals surface area contributed by atoms with Gasteiger partial charge in [-0.05, 0) is 25.0 Å². The molecule has 0 atom stereocenters. The quantitative estimate of drug-likeness (QED) is 0.773. The van der Waals surface area contributed by atoms with Crippen LogP contribution in [0.4, 0.5) is 0 Å². The molecular weight excluding hydrogens is 286 g/mol. The number of benzene rings is 2. The van der Waals surface area contributed by atoms with Crippen LogP contribution in [0.1, 0.15) is 27.0 Å². The van der Waals surface area contributed by atoms with E-state index in [0.29, 0.717) is 12.1 Å². The monoisotopic (exact) mass is 305 g/mol. The number of hydrogen-bond donors (Lipinski definition) is 2. The van der Waals surface area contributed by atoms with Crippen molar-refractivity contribution in [3.63, 3.8) is 0 Å². The Kier molecular flexibility index (Phi) is 4.24. The molecule has 0 fully saturated rings. The van der Waals surface area contributed by atoms with Gasteiger partial charge >= 0.3 is 0 Å². The number of nitrogens with one attached hydrogen (secondary N) is 2. The summed E-state index contributed by atoms with van der Waals surface area (Å²) in [6.07, 6.45) is 1.57. The number of aromatic amines is 1. The Morgan fingerprint density at radius 1 is 1.09 bits per heavy atom. The first-order chi connectivity index (χ1) is 11.1. The molecule has 23 heavy (non-hydrogen) atoms. The summed E-state index contributed by atoms with van der Waals surface area (Å²) in [5, 5.41) is 9.91. The number of aryl methyl sites for hydroxylation is 2. The fourth-order valence-corrected chi connectivity index (χ4v) is 2.48. The van der Waals surface area contributed by atoms with Gasteiger partial charge in [0.15, 0.2) is 0 Å². The summed E-state index contributed by atoms with van der Waals surface area (Å²) in [4.78, 5) is 12.5. The number of aromatic nitrogens is 2. The molecule has 3 rings (SSSR count). The smallest absolute Gasteiger partial charge is 0.255 e. The Morgan fingerprint density at radius 2 is 1.83 bits per heavy atom. The zero-order valence-corrected chi connectivity index (χ0v) is 13.3. The lowest BCUT2D eigenvalue weighted by molar-refractivity contribution is 0.0951. The summed E-state index contributed by atoms with van der Waals surface area (Å²) >= 11 is 0. The van der Waals surface area contributed by atoms with Gasteiger partial charge in [0.1, 0.15) is 0 Å². The normalized spacial score (nSPS) is 10.5. The van der Waals surface area contributed by atoms with Gasteiger partial charge in [-0.25, -0.2) is 0 Å². The molecule has 0 spiro atoms. The predicted molar refractivity (Wildman–Crippen MR) is 91.1 cm³/mol. The number of carbonyl (C=O) groups excluding carboxylic acids is 1. The Bertz CT molecular complexity index is 819. The molecular formula is C19H19N3O. The van der Waals surface area contributed by atoms with E-state index in [0.717, 1.165) is 16.8 Å². The van der Waals surface area contributed by atoms with Gasteiger partial charge in [-0.15, -0.1) is 0 Å². The molecule has 1 heterocycles. The third kappa shape index (κ3) is 3.31. The molecule has 0 aliphatic heterocycles. The summed E-state index contributed by atoms with van der Waals surface area (Å²) in [6, 6.07) is 16.0. The largest absolute Gasteiger partial charge is 0.348 e. The van der Waals surface area contributed by atoms with Gasteiger partial charge < -0.3 is 5.32 Å². The molecule has 4 nitrogen and oxygen atoms in total. The number of rotatable bonds is 4. The average molecular weight is 305 g/mol. The molecule has 0 aliphatic carbocycles. The minimum absolute atomic E-state index is 0.127. The van der Waals surface area contributed by atoms with Crippen molar-refractivity contribution in [2.75, 3.05) is 0 Å². The van der Waals surface area contributed by atoms with E-state index in [1.165, 1.54) is 11.1 Å². The topological polar surface area (TPSA) is 57.8 Å². The highest BCUT2D eigenvalue weighted by Crippen LogP contribution is 2.21. The zero-order chi connectivity index (χ0) is 16.2. The number of hydrogen-bond acceptors (Lipinski definition) is 2. The van der Waals surface area contributed by atoms with Crippen LogP contribution in [0.15, 0.2) is 54.7 Å². The van der Waals surface area contributed by atoms with Crippen LogP contribution in [0.2, 0.25) is 0 Å². The van der Waals surface area contributed by atoms with E-state index in [4.69, 9.17) is 0 Å². The van der Waals surface area contributed by atoms with E-state index in [2.05, 4.69) is 15.5 Å². The Labute approximate surface area is 135 Å². The number of amides is 1. The van der Waals surface area contributed by atoms with Crippen LogP contribution in [-0.4, -0.2) is 16.1 Å². The van der Waals surface area contributed by atoms with E-state index in [-0.39, 0.29) is 5.91 Å². The van der Waals surface area contributed by atoms with Crippen molar-refractivity contribution >= 4 is 5.91 Å². The van der Waals surface area contributed by atoms with E-state index >= 15 is 0 Å². The molecule has 0 aliphatic rings. The van der Waals surface area contributed by atoms with E-state index in [1.807, 2.05) is 62.4 Å². The predicted octanol–water partition coefficient (Wildman–Crippen LogP) is 3.62. The summed E-state index contributed by atoms with van der Waals surface area (Å²) in [6.45, 7) is 4.58. The third-order valence-corrected chi connectivity index (χ3v) is 3.92. The van der Waals surface area contributed by atoms with Crippen LogP contribution in [-0.2, 0) is 6.54 Å². The van der Waals surface area contributed by atoms with Crippen LogP contribution in [0.3, 0.4) is 0 Å². The van der Waals surface area contributed by atoms with Gasteiger partial charge in [-0.2, -0.15) is 5.10 Å². The number of carbonyl (C=O) groups is 1. The SMILES string of the molecule is Cc1ccc(-c2[nH]ncc2C(=O)NCc2ccccc2C)cc1. The molecule has 0 saturated carbocycles. The first-order valence-corrected chi connectivity index (χ1v) is 7.58. The lowest BCUT2D eigenvalue weighted by atomic mass is 10.1. The maximum Gasteiger partial charge on any atom is 0.255 e. The van der Waals surface area contributed by atoms with Crippen molar-refractivity contribution in [1.29, 1.82) is 0 Å². The van der Waals surface area contributed by atoms with Crippen molar-refractivity contribution in [2.45, 2.75) is 20.4 Å². The summed E-state index contributed by atoms with van der Waals surface area (Å²) < 4.78 is 0. The van der Waals surface area contributed by atoms with Crippen molar-refractivity contribution in [2.24, 2.45) is 0 Å². The lowest BCUT2D eigenvalue weighted by Crippen LogP contribution is -2.23. The molecule has 2 aromatic carbocycles. The van der Waals surface area contributed by atoms with Crippen LogP contribution in [0.25, 0.3) is 11.3 Å². The van der Waals surface area contributed by atoms with Crippen LogP contribution in [0, 0.1) is 13.8 Å². The Morgan fingerprint density at radius 3 is 2.57 bits per heavy atom. The Hall–Kier alpha value is -2.88. The molecule has 3 aromatic rings. The van der Waals surface area contributed by atoms with E-state index < -0.39 is 0 Å². The van der Waals surface area contributed by atoms with Crippen molar-refractivity contribution in [1.82, 2.24) is 15.5 Å². The molecule has 0 saturated heterocycles. The zero-order valence-electron chi connectivity index (χ0n) is 13.3. The highest BCUT2D eigenvalue weighted by molar-refractivity contribution is 5.99. The minimum atomic E-state index is -0.127. The van der Waals surface area contributed by atoms with Gasteiger partial charge in [-0.3, -0.25) is 9.89 Å². The molecule has 0 bridgehead atoms. The second-order valence-corrected chi connectivity index (χ2v) is 5.63. The van der Waals surface area contributed by atoms with Crippen LogP contribution < -0.4 is 5.32 Å². The van der Waals surface area contributed by atoms with Gasteiger partial charge in [0.05, 0.1) is 17.5 Å². The highest BCUT2D eigenvalue weighted by Gasteiger charge is 2.15. The second kappa shape index (κ2) is 6.48.